The lowest BCUT2D eigenvalue weighted by molar-refractivity contribution is -0.118. The molecule has 4 rings (SSSR count). The molecule has 1 saturated carbocycles. The topological polar surface area (TPSA) is 94.0 Å². The zero-order valence-electron chi connectivity index (χ0n) is 13.9. The number of ether oxygens (including phenoxy) is 1. The number of tetrazole rings is 1. The summed E-state index contributed by atoms with van der Waals surface area (Å²) in [6, 6.07) is 5.46. The molecule has 0 bridgehead atoms. The maximum Gasteiger partial charge on any atom is 0.228 e. The molecule has 1 atom stereocenters. The molecule has 2 aromatic rings. The molecule has 25 heavy (non-hydrogen) atoms. The van der Waals surface area contributed by atoms with Gasteiger partial charge in [0.05, 0.1) is 7.11 Å². The second-order valence-corrected chi connectivity index (χ2v) is 6.50. The molecule has 9 heteroatoms. The normalized spacial score (nSPS) is 20.6. The summed E-state index contributed by atoms with van der Waals surface area (Å²) in [6.45, 7) is 2.02. The largest absolute Gasteiger partial charge is 0.494 e. The first-order chi connectivity index (χ1) is 11.7. The summed E-state index contributed by atoms with van der Waals surface area (Å²) in [5.74, 6) is 0.865. The Morgan fingerprint density at radius 2 is 2.20 bits per heavy atom. The van der Waals surface area contributed by atoms with Gasteiger partial charge in [-0.2, -0.15) is 4.68 Å². The lowest BCUT2D eigenvalue weighted by Crippen LogP contribution is -2.31. The monoisotopic (exact) mass is 364 g/mol. The lowest BCUT2D eigenvalue weighted by atomic mass is 9.92. The molecule has 1 aromatic carbocycles. The summed E-state index contributed by atoms with van der Waals surface area (Å²) in [6.07, 6.45) is 4.66. The molecule has 1 aliphatic heterocycles. The molecule has 1 aliphatic carbocycles. The second-order valence-electron chi connectivity index (χ2n) is 6.50. The number of nitrogens with one attached hydrogen (secondary N) is 2. The molecule has 2 fully saturated rings. The maximum absolute atomic E-state index is 12.6. The van der Waals surface area contributed by atoms with E-state index in [4.69, 9.17) is 4.74 Å². The molecule has 2 heterocycles. The fraction of sp³-hybridized carbons (Fsp3) is 0.500. The number of carbonyl (C=O) groups is 1. The van der Waals surface area contributed by atoms with Crippen LogP contribution >= 0.6 is 12.4 Å². The van der Waals surface area contributed by atoms with Crippen LogP contribution in [0.15, 0.2) is 24.5 Å². The third-order valence-corrected chi connectivity index (χ3v) is 5.15. The Morgan fingerprint density at radius 3 is 2.88 bits per heavy atom. The van der Waals surface area contributed by atoms with Gasteiger partial charge < -0.3 is 15.4 Å². The number of methoxy groups -OCH3 is 1. The summed E-state index contributed by atoms with van der Waals surface area (Å²) in [4.78, 5) is 12.6. The number of carbonyl (C=O) groups excluding carboxylic acids is 1. The van der Waals surface area contributed by atoms with Crippen molar-refractivity contribution in [1.82, 2.24) is 25.5 Å². The van der Waals surface area contributed by atoms with Gasteiger partial charge in [-0.25, -0.2) is 0 Å². The van der Waals surface area contributed by atoms with Crippen molar-refractivity contribution in [1.29, 1.82) is 0 Å². The lowest BCUT2D eigenvalue weighted by Gasteiger charge is -2.23. The number of hydrogen-bond donors (Lipinski definition) is 2. The fourth-order valence-electron chi connectivity index (χ4n) is 3.64. The molecule has 8 nitrogen and oxygen atoms in total. The number of anilines is 1. The molecule has 1 saturated heterocycles. The van der Waals surface area contributed by atoms with Gasteiger partial charge in [0.2, 0.25) is 5.91 Å². The number of amides is 1. The Hall–Kier alpha value is -2.19. The number of hydrogen-bond acceptors (Lipinski definition) is 6. The van der Waals surface area contributed by atoms with Crippen molar-refractivity contribution in [2.24, 2.45) is 11.3 Å². The van der Waals surface area contributed by atoms with Gasteiger partial charge in [-0.05, 0) is 66.4 Å². The van der Waals surface area contributed by atoms with Gasteiger partial charge in [-0.15, -0.1) is 17.5 Å². The SMILES string of the molecule is COc1ccc(NC(=O)C2CC23CCNCC3)cc1-n1cnnn1.Cl. The highest BCUT2D eigenvalue weighted by Crippen LogP contribution is 2.58. The Morgan fingerprint density at radius 1 is 1.40 bits per heavy atom. The van der Waals surface area contributed by atoms with Gasteiger partial charge in [0, 0.05) is 11.6 Å². The maximum atomic E-state index is 12.6. The molecule has 1 amide bonds. The van der Waals surface area contributed by atoms with E-state index in [1.54, 1.807) is 13.2 Å². The van der Waals surface area contributed by atoms with Crippen molar-refractivity contribution in [3.05, 3.63) is 24.5 Å². The van der Waals surface area contributed by atoms with Crippen LogP contribution in [0.25, 0.3) is 5.69 Å². The highest BCUT2D eigenvalue weighted by atomic mass is 35.5. The molecule has 134 valence electrons. The number of piperidine rings is 1. The van der Waals surface area contributed by atoms with Crippen LogP contribution in [0.5, 0.6) is 5.75 Å². The molecule has 1 spiro atoms. The van der Waals surface area contributed by atoms with Gasteiger partial charge in [-0.3, -0.25) is 4.79 Å². The van der Waals surface area contributed by atoms with Crippen molar-refractivity contribution >= 4 is 24.0 Å². The molecule has 0 radical (unpaired) electrons. The van der Waals surface area contributed by atoms with Crippen molar-refractivity contribution in [3.8, 4) is 11.4 Å². The molecule has 1 aromatic heterocycles. The Labute approximate surface area is 151 Å². The average Bonchev–Trinajstić information content (AvgIpc) is 3.05. The average molecular weight is 365 g/mol. The van der Waals surface area contributed by atoms with E-state index in [2.05, 4.69) is 26.2 Å². The third-order valence-electron chi connectivity index (χ3n) is 5.15. The van der Waals surface area contributed by atoms with E-state index in [1.165, 1.54) is 11.0 Å². The fourth-order valence-corrected chi connectivity index (χ4v) is 3.64. The van der Waals surface area contributed by atoms with Gasteiger partial charge in [0.1, 0.15) is 17.8 Å². The van der Waals surface area contributed by atoms with Crippen molar-refractivity contribution in [2.75, 3.05) is 25.5 Å². The minimum Gasteiger partial charge on any atom is -0.494 e. The van der Waals surface area contributed by atoms with Crippen LogP contribution in [-0.2, 0) is 4.79 Å². The van der Waals surface area contributed by atoms with Crippen LogP contribution in [0.4, 0.5) is 5.69 Å². The number of benzene rings is 1. The van der Waals surface area contributed by atoms with Crippen molar-refractivity contribution in [2.45, 2.75) is 19.3 Å². The highest BCUT2D eigenvalue weighted by Gasteiger charge is 2.57. The van der Waals surface area contributed by atoms with Crippen molar-refractivity contribution in [3.63, 3.8) is 0 Å². The van der Waals surface area contributed by atoms with E-state index in [0.29, 0.717) is 11.4 Å². The number of rotatable bonds is 4. The smallest absolute Gasteiger partial charge is 0.228 e. The Bertz CT molecular complexity index is 745. The van der Waals surface area contributed by atoms with Crippen LogP contribution in [0.2, 0.25) is 0 Å². The van der Waals surface area contributed by atoms with E-state index in [-0.39, 0.29) is 29.6 Å². The van der Waals surface area contributed by atoms with E-state index in [9.17, 15) is 4.79 Å². The van der Waals surface area contributed by atoms with Gasteiger partial charge in [0.15, 0.2) is 0 Å². The second kappa shape index (κ2) is 6.97. The zero-order chi connectivity index (χ0) is 16.6. The first-order valence-electron chi connectivity index (χ1n) is 8.15. The molecule has 2 N–H and O–H groups in total. The van der Waals surface area contributed by atoms with Crippen LogP contribution < -0.4 is 15.4 Å². The Kier molecular flexibility index (Phi) is 4.91. The summed E-state index contributed by atoms with van der Waals surface area (Å²) in [5, 5.41) is 17.6. The number of halogens is 1. The molecular formula is C16H21ClN6O2. The van der Waals surface area contributed by atoms with Gasteiger partial charge in [-0.1, -0.05) is 0 Å². The minimum atomic E-state index is 0. The quantitative estimate of drug-likeness (QED) is 0.852. The summed E-state index contributed by atoms with van der Waals surface area (Å²) >= 11 is 0. The molecule has 2 aliphatic rings. The zero-order valence-corrected chi connectivity index (χ0v) is 14.8. The van der Waals surface area contributed by atoms with E-state index in [1.807, 2.05) is 12.1 Å². The summed E-state index contributed by atoms with van der Waals surface area (Å²) < 4.78 is 6.86. The van der Waals surface area contributed by atoms with Crippen LogP contribution in [0.1, 0.15) is 19.3 Å². The van der Waals surface area contributed by atoms with Crippen molar-refractivity contribution < 1.29 is 9.53 Å². The standard InChI is InChI=1S/C16H20N6O2.ClH/c1-24-14-3-2-11(8-13(14)22-10-18-20-21-22)19-15(23)12-9-16(12)4-6-17-7-5-16;/h2-3,8,10,12,17H,4-7,9H2,1H3,(H,19,23);1H. The molecular weight excluding hydrogens is 344 g/mol. The van der Waals surface area contributed by atoms with Gasteiger partial charge >= 0.3 is 0 Å². The number of nitrogens with zero attached hydrogens (tertiary/aromatic N) is 4. The van der Waals surface area contributed by atoms with Crippen LogP contribution in [0.3, 0.4) is 0 Å². The highest BCUT2D eigenvalue weighted by molar-refractivity contribution is 5.95. The Balaban J connectivity index is 0.00000182. The molecule has 1 unspecified atom stereocenters. The van der Waals surface area contributed by atoms with E-state index >= 15 is 0 Å². The predicted octanol–water partition coefficient (Wildman–Crippen LogP) is 1.42. The van der Waals surface area contributed by atoms with Gasteiger partial charge in [0.25, 0.3) is 0 Å². The van der Waals surface area contributed by atoms with Crippen LogP contribution in [-0.4, -0.2) is 46.3 Å². The summed E-state index contributed by atoms with van der Waals surface area (Å²) in [5.41, 5.74) is 1.63. The number of aromatic nitrogens is 4. The van der Waals surface area contributed by atoms with E-state index < -0.39 is 0 Å². The summed E-state index contributed by atoms with van der Waals surface area (Å²) in [7, 11) is 1.59. The predicted molar refractivity (Wildman–Crippen MR) is 94.2 cm³/mol. The third kappa shape index (κ3) is 3.32. The first-order valence-corrected chi connectivity index (χ1v) is 8.15. The minimum absolute atomic E-state index is 0. The first kappa shape index (κ1) is 17.6. The van der Waals surface area contributed by atoms with E-state index in [0.717, 1.165) is 38.0 Å². The van der Waals surface area contributed by atoms with Crippen LogP contribution in [0, 0.1) is 11.3 Å².